The van der Waals surface area contributed by atoms with E-state index in [4.69, 9.17) is 0 Å². The lowest BCUT2D eigenvalue weighted by molar-refractivity contribution is -0.120. The maximum atomic E-state index is 10.9. The Bertz CT molecular complexity index is 340. The van der Waals surface area contributed by atoms with Gasteiger partial charge in [0, 0.05) is 5.92 Å². The largest absolute Gasteiger partial charge is 0.300 e. The van der Waals surface area contributed by atoms with Crippen LogP contribution in [0.1, 0.15) is 95.4 Å². The summed E-state index contributed by atoms with van der Waals surface area (Å²) in [7, 11) is 0. The molecule has 158 valence electrons. The molecule has 0 aliphatic carbocycles. The van der Waals surface area contributed by atoms with Gasteiger partial charge in [-0.05, 0) is 56.5 Å². The van der Waals surface area contributed by atoms with Crippen molar-refractivity contribution in [2.24, 2.45) is 17.3 Å². The van der Waals surface area contributed by atoms with Gasteiger partial charge in [-0.3, -0.25) is 4.79 Å². The summed E-state index contributed by atoms with van der Waals surface area (Å²) in [6.07, 6.45) is 6.82. The molecular weight excluding hydrogens is 336 g/mol. The van der Waals surface area contributed by atoms with Crippen LogP contribution < -0.4 is 0 Å². The number of Topliss-reactive ketones (excluding diaryl/α,β-unsaturated/α-hetero) is 1. The molecule has 0 radical (unpaired) electrons. The van der Waals surface area contributed by atoms with Crippen molar-refractivity contribution < 1.29 is 4.79 Å². The summed E-state index contributed by atoms with van der Waals surface area (Å²) in [5, 5.41) is 0. The van der Waals surface area contributed by atoms with E-state index < -0.39 is 0 Å². The van der Waals surface area contributed by atoms with Crippen molar-refractivity contribution in [2.45, 2.75) is 95.4 Å². The molecule has 2 heteroatoms. The number of carbonyl (C=O) groups is 1. The highest BCUT2D eigenvalue weighted by Crippen LogP contribution is 2.22. The van der Waals surface area contributed by atoms with Gasteiger partial charge in [-0.25, -0.2) is 0 Å². The molecule has 0 aromatic heterocycles. The van der Waals surface area contributed by atoms with Crippen LogP contribution in [0.25, 0.3) is 0 Å². The number of ketones is 1. The van der Waals surface area contributed by atoms with Crippen molar-refractivity contribution in [2.75, 3.05) is 11.5 Å². The lowest BCUT2D eigenvalue weighted by Crippen LogP contribution is -2.07. The summed E-state index contributed by atoms with van der Waals surface area (Å²) in [6, 6.07) is 0. The molecule has 0 aromatic rings. The molecule has 0 aliphatic rings. The van der Waals surface area contributed by atoms with Gasteiger partial charge in [-0.1, -0.05) is 73.5 Å². The smallest absolute Gasteiger partial charge is 0.132 e. The van der Waals surface area contributed by atoms with E-state index in [-0.39, 0.29) is 13.3 Å². The summed E-state index contributed by atoms with van der Waals surface area (Å²) in [6.45, 7) is 26.1. The van der Waals surface area contributed by atoms with Gasteiger partial charge < -0.3 is 0 Å². The third-order valence-corrected chi connectivity index (χ3v) is 5.26. The molecule has 0 bridgehead atoms. The fourth-order valence-corrected chi connectivity index (χ4v) is 2.94. The van der Waals surface area contributed by atoms with E-state index in [9.17, 15) is 4.79 Å². The second-order valence-corrected chi connectivity index (χ2v) is 9.19. The van der Waals surface area contributed by atoms with Gasteiger partial charge in [-0.2, -0.15) is 11.8 Å². The summed E-state index contributed by atoms with van der Waals surface area (Å²) in [4.78, 5) is 10.9. The van der Waals surface area contributed by atoms with Crippen LogP contribution in [0.2, 0.25) is 0 Å². The minimum Gasteiger partial charge on any atom is -0.300 e. The van der Waals surface area contributed by atoms with Crippen molar-refractivity contribution in [3.05, 3.63) is 24.8 Å². The second kappa shape index (κ2) is 20.8. The Kier molecular flexibility index (Phi) is 26.5. The van der Waals surface area contributed by atoms with Crippen molar-refractivity contribution in [1.29, 1.82) is 0 Å². The molecule has 0 spiro atoms. The Morgan fingerprint density at radius 2 is 1.62 bits per heavy atom. The third kappa shape index (κ3) is 31.3. The SMILES string of the molecule is C.C=C(C)C.C=CC(C)(C)CCC.CCC(C)CSCCC(C)C(C)=O. The van der Waals surface area contributed by atoms with Gasteiger partial charge in [0.25, 0.3) is 0 Å². The maximum absolute atomic E-state index is 10.9. The number of allylic oxidation sites excluding steroid dienone is 2. The van der Waals surface area contributed by atoms with Crippen molar-refractivity contribution >= 4 is 17.5 Å². The van der Waals surface area contributed by atoms with Crippen LogP contribution in [0, 0.1) is 17.3 Å². The van der Waals surface area contributed by atoms with Crippen molar-refractivity contribution in [1.82, 2.24) is 0 Å². The Morgan fingerprint density at radius 3 is 1.88 bits per heavy atom. The average Bonchev–Trinajstić information content (AvgIpc) is 2.51. The molecule has 0 N–H and O–H groups in total. The molecule has 0 amide bonds. The number of rotatable bonds is 10. The molecule has 0 saturated carbocycles. The first-order valence-electron chi connectivity index (χ1n) is 9.77. The normalized spacial score (nSPS) is 12.2. The maximum Gasteiger partial charge on any atom is 0.132 e. The Labute approximate surface area is 171 Å². The summed E-state index contributed by atoms with van der Waals surface area (Å²) >= 11 is 1.98. The molecule has 2 unspecified atom stereocenters. The zero-order valence-electron chi connectivity index (χ0n) is 18.7. The van der Waals surface area contributed by atoms with Crippen LogP contribution in [-0.4, -0.2) is 17.3 Å². The number of hydrogen-bond donors (Lipinski definition) is 0. The monoisotopic (exact) mass is 386 g/mol. The Balaban J connectivity index is -0.000000159. The van der Waals surface area contributed by atoms with Crippen LogP contribution in [0.3, 0.4) is 0 Å². The molecule has 0 fully saturated rings. The van der Waals surface area contributed by atoms with E-state index in [1.807, 2.05) is 38.6 Å². The van der Waals surface area contributed by atoms with Gasteiger partial charge in [0.2, 0.25) is 0 Å². The first-order valence-corrected chi connectivity index (χ1v) is 10.9. The van der Waals surface area contributed by atoms with Gasteiger partial charge in [0.1, 0.15) is 5.78 Å². The fraction of sp³-hybridized carbons (Fsp3) is 0.792. The molecule has 0 aromatic carbocycles. The number of carbonyl (C=O) groups excluding carboxylic acids is 1. The number of hydrogen-bond acceptors (Lipinski definition) is 2. The Hall–Kier alpha value is -0.500. The molecule has 0 aliphatic heterocycles. The quantitative estimate of drug-likeness (QED) is 0.276. The fourth-order valence-electron chi connectivity index (χ4n) is 1.61. The Morgan fingerprint density at radius 1 is 1.15 bits per heavy atom. The van der Waals surface area contributed by atoms with Gasteiger partial charge >= 0.3 is 0 Å². The van der Waals surface area contributed by atoms with Crippen LogP contribution in [0.4, 0.5) is 0 Å². The molecule has 0 heterocycles. The van der Waals surface area contributed by atoms with E-state index in [2.05, 4.69) is 47.8 Å². The first-order chi connectivity index (χ1) is 11.4. The number of thioether (sulfide) groups is 1. The van der Waals surface area contributed by atoms with Crippen LogP contribution in [0.15, 0.2) is 24.8 Å². The molecule has 0 rings (SSSR count). The lowest BCUT2D eigenvalue weighted by Gasteiger charge is -2.17. The highest BCUT2D eigenvalue weighted by molar-refractivity contribution is 7.99. The lowest BCUT2D eigenvalue weighted by atomic mass is 9.89. The zero-order valence-corrected chi connectivity index (χ0v) is 19.5. The summed E-state index contributed by atoms with van der Waals surface area (Å²) in [5.41, 5.74) is 1.52. The predicted molar refractivity (Wildman–Crippen MR) is 127 cm³/mol. The van der Waals surface area contributed by atoms with Crippen molar-refractivity contribution in [3.63, 3.8) is 0 Å². The minimum absolute atomic E-state index is 0. The van der Waals surface area contributed by atoms with Gasteiger partial charge in [-0.15, -0.1) is 13.2 Å². The average molecular weight is 387 g/mol. The van der Waals surface area contributed by atoms with E-state index >= 15 is 0 Å². The standard InChI is InChI=1S/C11H22OS.C8H16.C4H8.CH4/c1-5-9(2)8-13-7-6-10(3)11(4)12;1-5-7-8(3,4)6-2;1-4(2)3;/h9-10H,5-8H2,1-4H3;6H,2,5,7H2,1,3-4H3;1H2,2-3H3;1H4. The van der Waals surface area contributed by atoms with Crippen molar-refractivity contribution in [3.8, 4) is 0 Å². The minimum atomic E-state index is 0. The van der Waals surface area contributed by atoms with E-state index in [0.717, 1.165) is 18.1 Å². The summed E-state index contributed by atoms with van der Waals surface area (Å²) < 4.78 is 0. The molecular formula is C24H50OS. The molecule has 0 saturated heterocycles. The molecule has 2 atom stereocenters. The van der Waals surface area contributed by atoms with Crippen LogP contribution in [-0.2, 0) is 4.79 Å². The van der Waals surface area contributed by atoms with Crippen LogP contribution in [0.5, 0.6) is 0 Å². The van der Waals surface area contributed by atoms with E-state index in [0.29, 0.717) is 11.2 Å². The first kappa shape index (κ1) is 33.1. The predicted octanol–water partition coefficient (Wildman–Crippen LogP) is 8.60. The van der Waals surface area contributed by atoms with Crippen LogP contribution >= 0.6 is 11.8 Å². The third-order valence-electron chi connectivity index (χ3n) is 3.94. The van der Waals surface area contributed by atoms with Gasteiger partial charge in [0.15, 0.2) is 0 Å². The summed E-state index contributed by atoms with van der Waals surface area (Å²) in [5.74, 6) is 3.76. The second-order valence-electron chi connectivity index (χ2n) is 8.04. The van der Waals surface area contributed by atoms with E-state index in [1.165, 1.54) is 30.6 Å². The van der Waals surface area contributed by atoms with E-state index in [1.54, 1.807) is 6.92 Å². The molecule has 1 nitrogen and oxygen atoms in total. The zero-order chi connectivity index (χ0) is 20.5. The highest BCUT2D eigenvalue weighted by atomic mass is 32.2. The molecule has 26 heavy (non-hydrogen) atoms. The van der Waals surface area contributed by atoms with Gasteiger partial charge in [0.05, 0.1) is 0 Å². The highest BCUT2D eigenvalue weighted by Gasteiger charge is 2.09. The topological polar surface area (TPSA) is 17.1 Å².